The SMILES string of the molecule is CC(C)(C(=S)NC1C2CC3CC1CC(C(=O)O)(C3)C2)N1C[C@@H]2C[C@@H](c3ccc(Cl)cc3)[C@@H]2C1. The molecule has 4 nitrogen and oxygen atoms in total. The van der Waals surface area contributed by atoms with Crippen molar-refractivity contribution < 1.29 is 9.90 Å². The first kappa shape index (κ1) is 22.3. The number of likely N-dealkylation sites (tertiary alicyclic amines) is 1. The molecule has 6 aliphatic rings. The Morgan fingerprint density at radius 2 is 1.76 bits per heavy atom. The normalized spacial score (nSPS) is 41.5. The first-order chi connectivity index (χ1) is 15.7. The molecule has 0 aromatic heterocycles. The number of carboxylic acids is 1. The van der Waals surface area contributed by atoms with E-state index in [9.17, 15) is 9.90 Å². The Labute approximate surface area is 207 Å². The molecule has 2 N–H and O–H groups in total. The number of hydrogen-bond donors (Lipinski definition) is 2. The topological polar surface area (TPSA) is 52.6 Å². The smallest absolute Gasteiger partial charge is 0.309 e. The standard InChI is InChI=1S/C27H35ClN2O2S/c1-26(2,30-13-19-9-21(22(19)14-30)16-3-5-20(28)6-4-16)24(33)29-23-17-7-15-8-18(23)12-27(10-15,11-17)25(31)32/h3-6,15,17-19,21-23H,7-14H2,1-2H3,(H,29,33)(H,31,32)/t15?,17?,18?,19-,21-,22+,23?,27?/m0/s1. The van der Waals surface area contributed by atoms with Crippen molar-refractivity contribution in [1.29, 1.82) is 0 Å². The van der Waals surface area contributed by atoms with Crippen LogP contribution in [0.4, 0.5) is 0 Å². The molecule has 178 valence electrons. The molecular weight excluding hydrogens is 452 g/mol. The van der Waals surface area contributed by atoms with E-state index in [1.54, 1.807) is 0 Å². The molecule has 4 bridgehead atoms. The lowest BCUT2D eigenvalue weighted by Gasteiger charge is -2.59. The molecule has 1 aromatic rings. The Morgan fingerprint density at radius 3 is 2.39 bits per heavy atom. The van der Waals surface area contributed by atoms with Crippen LogP contribution in [0, 0.1) is 35.0 Å². The number of hydrogen-bond acceptors (Lipinski definition) is 3. The summed E-state index contributed by atoms with van der Waals surface area (Å²) in [5.41, 5.74) is 0.773. The van der Waals surface area contributed by atoms with Crippen molar-refractivity contribution in [3.05, 3.63) is 34.9 Å². The first-order valence-electron chi connectivity index (χ1n) is 12.7. The van der Waals surface area contributed by atoms with Crippen molar-refractivity contribution >= 4 is 34.8 Å². The van der Waals surface area contributed by atoms with Crippen LogP contribution in [0.2, 0.25) is 5.02 Å². The zero-order chi connectivity index (χ0) is 23.1. The number of carboxylic acid groups (broad SMARTS) is 1. The summed E-state index contributed by atoms with van der Waals surface area (Å²) in [4.78, 5) is 15.6. The summed E-state index contributed by atoms with van der Waals surface area (Å²) in [7, 11) is 0. The van der Waals surface area contributed by atoms with Gasteiger partial charge in [0.05, 0.1) is 15.9 Å². The third kappa shape index (κ3) is 3.48. The van der Waals surface area contributed by atoms with Crippen LogP contribution in [0.1, 0.15) is 63.9 Å². The second-order valence-electron chi connectivity index (χ2n) is 12.3. The number of carbonyl (C=O) groups is 1. The van der Waals surface area contributed by atoms with Crippen LogP contribution in [0.15, 0.2) is 24.3 Å². The van der Waals surface area contributed by atoms with Crippen LogP contribution in [-0.2, 0) is 4.79 Å². The van der Waals surface area contributed by atoms with E-state index in [1.807, 2.05) is 12.1 Å². The molecule has 5 atom stereocenters. The molecular formula is C27H35ClN2O2S. The van der Waals surface area contributed by atoms with Gasteiger partial charge in [0, 0.05) is 24.2 Å². The summed E-state index contributed by atoms with van der Waals surface area (Å²) in [5.74, 6) is 3.01. The molecule has 2 unspecified atom stereocenters. The minimum atomic E-state index is -0.564. The molecule has 33 heavy (non-hydrogen) atoms. The number of aliphatic carboxylic acids is 1. The Balaban J connectivity index is 1.12. The third-order valence-electron chi connectivity index (χ3n) is 10.2. The molecule has 6 heteroatoms. The number of nitrogens with one attached hydrogen (secondary N) is 1. The van der Waals surface area contributed by atoms with Gasteiger partial charge in [-0.25, -0.2) is 0 Å². The lowest BCUT2D eigenvalue weighted by molar-refractivity contribution is -0.166. The van der Waals surface area contributed by atoms with E-state index < -0.39 is 11.4 Å². The summed E-state index contributed by atoms with van der Waals surface area (Å²) in [6, 6.07) is 8.76. The van der Waals surface area contributed by atoms with Crippen LogP contribution in [-0.4, -0.2) is 45.6 Å². The van der Waals surface area contributed by atoms with Gasteiger partial charge in [-0.15, -0.1) is 0 Å². The highest BCUT2D eigenvalue weighted by Gasteiger charge is 2.59. The number of halogens is 1. The van der Waals surface area contributed by atoms with Gasteiger partial charge in [-0.3, -0.25) is 9.69 Å². The molecule has 1 aliphatic heterocycles. The van der Waals surface area contributed by atoms with E-state index in [-0.39, 0.29) is 5.54 Å². The largest absolute Gasteiger partial charge is 0.481 e. The molecule has 6 fully saturated rings. The second kappa shape index (κ2) is 7.66. The summed E-state index contributed by atoms with van der Waals surface area (Å²) >= 11 is 12.2. The van der Waals surface area contributed by atoms with Gasteiger partial charge >= 0.3 is 5.97 Å². The maximum absolute atomic E-state index is 12.1. The van der Waals surface area contributed by atoms with E-state index in [1.165, 1.54) is 24.8 Å². The van der Waals surface area contributed by atoms with Gasteiger partial charge in [0.1, 0.15) is 0 Å². The minimum Gasteiger partial charge on any atom is -0.481 e. The maximum Gasteiger partial charge on any atom is 0.309 e. The van der Waals surface area contributed by atoms with Crippen LogP contribution >= 0.6 is 23.8 Å². The van der Waals surface area contributed by atoms with Crippen molar-refractivity contribution in [2.75, 3.05) is 13.1 Å². The Kier molecular flexibility index (Phi) is 5.18. The molecule has 0 amide bonds. The third-order valence-corrected chi connectivity index (χ3v) is 11.1. The second-order valence-corrected chi connectivity index (χ2v) is 13.2. The van der Waals surface area contributed by atoms with Crippen molar-refractivity contribution in [3.63, 3.8) is 0 Å². The van der Waals surface area contributed by atoms with Crippen LogP contribution in [0.5, 0.6) is 0 Å². The van der Waals surface area contributed by atoms with Gasteiger partial charge in [-0.05, 0) is 106 Å². The van der Waals surface area contributed by atoms with Crippen molar-refractivity contribution in [1.82, 2.24) is 10.2 Å². The van der Waals surface area contributed by atoms with Crippen LogP contribution < -0.4 is 5.32 Å². The maximum atomic E-state index is 12.1. The number of rotatable bonds is 5. The summed E-state index contributed by atoms with van der Waals surface area (Å²) in [6.07, 6.45) is 6.14. The fourth-order valence-electron chi connectivity index (χ4n) is 8.45. The highest BCUT2D eigenvalue weighted by atomic mass is 35.5. The molecule has 7 rings (SSSR count). The predicted molar refractivity (Wildman–Crippen MR) is 135 cm³/mol. The van der Waals surface area contributed by atoms with Crippen LogP contribution in [0.3, 0.4) is 0 Å². The Morgan fingerprint density at radius 1 is 1.09 bits per heavy atom. The fraction of sp³-hybridized carbons (Fsp3) is 0.704. The highest BCUT2D eigenvalue weighted by molar-refractivity contribution is 7.80. The van der Waals surface area contributed by atoms with Crippen molar-refractivity contribution in [2.45, 2.75) is 69.9 Å². The van der Waals surface area contributed by atoms with Crippen molar-refractivity contribution in [2.24, 2.45) is 35.0 Å². The number of nitrogens with zero attached hydrogens (tertiary/aromatic N) is 1. The molecule has 5 aliphatic carbocycles. The predicted octanol–water partition coefficient (Wildman–Crippen LogP) is 5.35. The average molecular weight is 487 g/mol. The van der Waals surface area contributed by atoms with Gasteiger partial charge in [0.2, 0.25) is 0 Å². The van der Waals surface area contributed by atoms with E-state index in [2.05, 4.69) is 36.2 Å². The Hall–Kier alpha value is -1.17. The number of benzene rings is 1. The fourth-order valence-corrected chi connectivity index (χ4v) is 8.84. The molecule has 1 aromatic carbocycles. The van der Waals surface area contributed by atoms with Gasteiger partial charge in [-0.1, -0.05) is 36.0 Å². The molecule has 1 heterocycles. The number of thiocarbonyl (C=S) groups is 1. The van der Waals surface area contributed by atoms with E-state index >= 15 is 0 Å². The van der Waals surface area contributed by atoms with Gasteiger partial charge < -0.3 is 10.4 Å². The molecule has 0 radical (unpaired) electrons. The van der Waals surface area contributed by atoms with Crippen molar-refractivity contribution in [3.8, 4) is 0 Å². The van der Waals surface area contributed by atoms with Gasteiger partial charge in [-0.2, -0.15) is 0 Å². The minimum absolute atomic E-state index is 0.184. The van der Waals surface area contributed by atoms with E-state index in [4.69, 9.17) is 23.8 Å². The van der Waals surface area contributed by atoms with Gasteiger partial charge in [0.25, 0.3) is 0 Å². The molecule has 5 saturated carbocycles. The van der Waals surface area contributed by atoms with Crippen LogP contribution in [0.25, 0.3) is 0 Å². The van der Waals surface area contributed by atoms with E-state index in [0.29, 0.717) is 35.6 Å². The summed E-state index contributed by atoms with van der Waals surface area (Å²) in [6.45, 7) is 6.76. The Bertz CT molecular complexity index is 963. The highest BCUT2D eigenvalue weighted by Crippen LogP contribution is 2.60. The molecule has 0 spiro atoms. The van der Waals surface area contributed by atoms with E-state index in [0.717, 1.165) is 48.3 Å². The zero-order valence-electron chi connectivity index (χ0n) is 19.6. The lowest BCUT2D eigenvalue weighted by Crippen LogP contribution is -2.64. The summed E-state index contributed by atoms with van der Waals surface area (Å²) in [5, 5.41) is 14.6. The zero-order valence-corrected chi connectivity index (χ0v) is 21.2. The number of fused-ring (bicyclic) bond motifs is 1. The first-order valence-corrected chi connectivity index (χ1v) is 13.5. The molecule has 1 saturated heterocycles. The quantitative estimate of drug-likeness (QED) is 0.549. The monoisotopic (exact) mass is 486 g/mol. The average Bonchev–Trinajstić information content (AvgIpc) is 3.08. The lowest BCUT2D eigenvalue weighted by atomic mass is 9.48. The van der Waals surface area contributed by atoms with Gasteiger partial charge in [0.15, 0.2) is 0 Å². The summed E-state index contributed by atoms with van der Waals surface area (Å²) < 4.78 is 0.